The number of carbonyl (C=O) groups excluding carboxylic acids is 1. The Balaban J connectivity index is 0.898. The molecule has 4 heterocycles. The van der Waals surface area contributed by atoms with Crippen molar-refractivity contribution in [1.82, 2.24) is 24.9 Å². The number of aromatic nitrogens is 5. The molecule has 4 aromatic rings. The van der Waals surface area contributed by atoms with Gasteiger partial charge in [-0.3, -0.25) is 4.79 Å². The molecule has 3 aromatic heterocycles. The van der Waals surface area contributed by atoms with Crippen molar-refractivity contribution in [3.8, 4) is 11.6 Å². The zero-order chi connectivity index (χ0) is 27.1. The average molecular weight is 537 g/mol. The highest BCUT2D eigenvalue weighted by Gasteiger charge is 2.32. The van der Waals surface area contributed by atoms with Crippen molar-refractivity contribution < 1.29 is 9.53 Å². The highest BCUT2D eigenvalue weighted by molar-refractivity contribution is 6.01. The normalized spacial score (nSPS) is 22.3. The number of anilines is 1. The van der Waals surface area contributed by atoms with Gasteiger partial charge in [0.25, 0.3) is 0 Å². The third kappa shape index (κ3) is 5.31. The van der Waals surface area contributed by atoms with E-state index in [1.165, 1.54) is 38.5 Å². The number of benzene rings is 1. The van der Waals surface area contributed by atoms with Crippen molar-refractivity contribution in [2.75, 3.05) is 5.32 Å². The molecule has 1 aliphatic heterocycles. The van der Waals surface area contributed by atoms with E-state index in [1.54, 1.807) is 12.5 Å². The summed E-state index contributed by atoms with van der Waals surface area (Å²) in [5.41, 5.74) is 5.25. The summed E-state index contributed by atoms with van der Waals surface area (Å²) in [5, 5.41) is 2.93. The van der Waals surface area contributed by atoms with Crippen LogP contribution in [0.15, 0.2) is 42.9 Å². The van der Waals surface area contributed by atoms with Crippen LogP contribution in [0, 0.1) is 18.8 Å². The smallest absolute Gasteiger partial charge is 0.233 e. The number of fused-ring (bicyclic) bond motifs is 2. The zero-order valence-corrected chi connectivity index (χ0v) is 23.0. The van der Waals surface area contributed by atoms with Crippen molar-refractivity contribution in [3.63, 3.8) is 0 Å². The fourth-order valence-electron chi connectivity index (χ4n) is 6.57. The predicted molar refractivity (Wildman–Crippen MR) is 154 cm³/mol. The van der Waals surface area contributed by atoms with Gasteiger partial charge in [0.1, 0.15) is 23.7 Å². The van der Waals surface area contributed by atoms with Crippen molar-refractivity contribution in [2.24, 2.45) is 11.8 Å². The molecule has 2 saturated carbocycles. The van der Waals surface area contributed by atoms with Crippen LogP contribution in [0.5, 0.6) is 11.6 Å². The number of aromatic amines is 1. The number of hydrogen-bond donors (Lipinski definition) is 2. The number of H-pyrrole nitrogens is 1. The van der Waals surface area contributed by atoms with Crippen molar-refractivity contribution in [2.45, 2.75) is 83.0 Å². The maximum Gasteiger partial charge on any atom is 0.233 e. The Morgan fingerprint density at radius 1 is 0.950 bits per heavy atom. The lowest BCUT2D eigenvalue weighted by atomic mass is 9.77. The lowest BCUT2D eigenvalue weighted by Gasteiger charge is -2.29. The summed E-state index contributed by atoms with van der Waals surface area (Å²) in [6, 6.07) is 10.0. The van der Waals surface area contributed by atoms with Gasteiger partial charge < -0.3 is 15.0 Å². The van der Waals surface area contributed by atoms with E-state index in [0.29, 0.717) is 17.7 Å². The lowest BCUT2D eigenvalue weighted by molar-refractivity contribution is -0.117. The van der Waals surface area contributed by atoms with Crippen molar-refractivity contribution in [3.05, 3.63) is 65.5 Å². The maximum atomic E-state index is 12.4. The molecule has 1 amide bonds. The van der Waals surface area contributed by atoms with Gasteiger partial charge in [0.2, 0.25) is 11.8 Å². The van der Waals surface area contributed by atoms with Crippen molar-refractivity contribution >= 4 is 22.8 Å². The van der Waals surface area contributed by atoms with Crippen LogP contribution >= 0.6 is 0 Å². The van der Waals surface area contributed by atoms with E-state index in [9.17, 15) is 4.79 Å². The van der Waals surface area contributed by atoms with E-state index in [0.717, 1.165) is 76.8 Å². The van der Waals surface area contributed by atoms with E-state index in [2.05, 4.69) is 32.2 Å². The van der Waals surface area contributed by atoms with Gasteiger partial charge in [-0.1, -0.05) is 31.7 Å². The minimum atomic E-state index is -0.0406. The van der Waals surface area contributed by atoms with E-state index < -0.39 is 0 Å². The number of rotatable bonds is 9. The predicted octanol–water partition coefficient (Wildman–Crippen LogP) is 6.98. The first-order valence-electron chi connectivity index (χ1n) is 14.8. The van der Waals surface area contributed by atoms with E-state index >= 15 is 0 Å². The number of hydrogen-bond acceptors (Lipinski definition) is 6. The van der Waals surface area contributed by atoms with Crippen LogP contribution in [0.2, 0.25) is 0 Å². The number of pyridine rings is 1. The van der Waals surface area contributed by atoms with E-state index in [1.807, 2.05) is 30.3 Å². The first-order chi connectivity index (χ1) is 19.6. The molecular formula is C32H36N6O2. The van der Waals surface area contributed by atoms with Crippen molar-refractivity contribution in [1.29, 1.82) is 0 Å². The van der Waals surface area contributed by atoms with Crippen LogP contribution in [-0.2, 0) is 11.2 Å². The molecule has 2 aliphatic carbocycles. The fourth-order valence-corrected chi connectivity index (χ4v) is 6.57. The fraction of sp³-hybridized carbons (Fsp3) is 0.469. The molecule has 8 heteroatoms. The molecule has 206 valence electrons. The number of ether oxygens (including phenoxy) is 1. The van der Waals surface area contributed by atoms with Gasteiger partial charge in [0, 0.05) is 35.5 Å². The van der Waals surface area contributed by atoms with Gasteiger partial charge in [-0.2, -0.15) is 0 Å². The number of imidazole rings is 1. The van der Waals surface area contributed by atoms with Gasteiger partial charge in [0.05, 0.1) is 17.0 Å². The summed E-state index contributed by atoms with van der Waals surface area (Å²) in [7, 11) is 0. The third-order valence-corrected chi connectivity index (χ3v) is 9.07. The monoisotopic (exact) mass is 536 g/mol. The Hall–Kier alpha value is -3.81. The van der Waals surface area contributed by atoms with Crippen LogP contribution in [-0.4, -0.2) is 30.8 Å². The first-order valence-corrected chi connectivity index (χ1v) is 14.8. The number of nitrogens with zero attached hydrogens (tertiary/aromatic N) is 4. The van der Waals surface area contributed by atoms with Crippen LogP contribution in [0.1, 0.15) is 92.3 Å². The molecule has 40 heavy (non-hydrogen) atoms. The summed E-state index contributed by atoms with van der Waals surface area (Å²) in [4.78, 5) is 33.9. The van der Waals surface area contributed by atoms with Gasteiger partial charge in [0.15, 0.2) is 0 Å². The molecule has 0 bridgehead atoms. The van der Waals surface area contributed by atoms with E-state index in [-0.39, 0.29) is 11.8 Å². The molecular weight excluding hydrogens is 500 g/mol. The number of amides is 1. The highest BCUT2D eigenvalue weighted by Crippen LogP contribution is 2.40. The minimum absolute atomic E-state index is 0.0406. The van der Waals surface area contributed by atoms with Gasteiger partial charge in [-0.15, -0.1) is 0 Å². The molecule has 7 rings (SSSR count). The minimum Gasteiger partial charge on any atom is -0.439 e. The molecule has 2 N–H and O–H groups in total. The molecule has 3 aliphatic rings. The van der Waals surface area contributed by atoms with Crippen LogP contribution in [0.4, 0.5) is 5.82 Å². The second-order valence-corrected chi connectivity index (χ2v) is 12.0. The Kier molecular flexibility index (Phi) is 6.69. The summed E-state index contributed by atoms with van der Waals surface area (Å²) >= 11 is 0. The van der Waals surface area contributed by atoms with Gasteiger partial charge >= 0.3 is 0 Å². The van der Waals surface area contributed by atoms with Gasteiger partial charge in [-0.05, 0) is 75.0 Å². The topological polar surface area (TPSA) is 106 Å². The lowest BCUT2D eigenvalue weighted by Crippen LogP contribution is -2.18. The number of nitrogens with one attached hydrogen (secondary N) is 2. The quantitative estimate of drug-likeness (QED) is 0.239. The first kappa shape index (κ1) is 25.2. The third-order valence-electron chi connectivity index (χ3n) is 9.07. The highest BCUT2D eigenvalue weighted by atomic mass is 16.5. The second-order valence-electron chi connectivity index (χ2n) is 12.0. The van der Waals surface area contributed by atoms with Crippen LogP contribution in [0.25, 0.3) is 11.0 Å². The molecule has 0 spiro atoms. The Morgan fingerprint density at radius 2 is 1.77 bits per heavy atom. The Bertz CT molecular complexity index is 1540. The molecule has 8 nitrogen and oxygen atoms in total. The largest absolute Gasteiger partial charge is 0.439 e. The summed E-state index contributed by atoms with van der Waals surface area (Å²) in [5.74, 6) is 5.29. The molecule has 1 aromatic carbocycles. The van der Waals surface area contributed by atoms with Crippen LogP contribution < -0.4 is 10.1 Å². The Labute approximate surface area is 234 Å². The summed E-state index contributed by atoms with van der Waals surface area (Å²) in [6.07, 6.45) is 14.9. The molecule has 0 saturated heterocycles. The molecule has 0 radical (unpaired) electrons. The standard InChI is InChI=1S/C32H36N6O2/c1-19-15-24(17-27-29(19)37-30(36-27)22-10-11-22)40-28-16-23(34-18-35-28)12-8-20-4-6-21(7-5-20)9-13-26-25-3-2-14-33-31(25)38-32(26)39/h2-3,14-18,20-22,26H,4-13H2,1H3,(H,36,37)(H,33,38,39). The summed E-state index contributed by atoms with van der Waals surface area (Å²) < 4.78 is 6.17. The zero-order valence-electron chi connectivity index (χ0n) is 23.0. The molecule has 2 fully saturated rings. The molecule has 1 atom stereocenters. The van der Waals surface area contributed by atoms with Crippen LogP contribution in [0.3, 0.4) is 0 Å². The number of carbonyl (C=O) groups is 1. The second kappa shape index (κ2) is 10.6. The average Bonchev–Trinajstić information content (AvgIpc) is 3.64. The molecule has 1 unspecified atom stereocenters. The van der Waals surface area contributed by atoms with E-state index in [4.69, 9.17) is 9.72 Å². The summed E-state index contributed by atoms with van der Waals surface area (Å²) in [6.45, 7) is 2.08. The SMILES string of the molecule is Cc1cc(Oc2cc(CCC3CCC(CCC4C(=O)Nc5ncccc54)CC3)ncn2)cc2[nH]c(C3CC3)nc12. The maximum absolute atomic E-state index is 12.4. The number of aryl methyl sites for hydroxylation is 2. The van der Waals surface area contributed by atoms with Gasteiger partial charge in [-0.25, -0.2) is 19.9 Å². The Morgan fingerprint density at radius 3 is 2.60 bits per heavy atom.